The first kappa shape index (κ1) is 17.8. The summed E-state index contributed by atoms with van der Waals surface area (Å²) in [5.41, 5.74) is 2.47. The molecule has 0 saturated heterocycles. The van der Waals surface area contributed by atoms with Gasteiger partial charge in [-0.25, -0.2) is 4.68 Å². The quantitative estimate of drug-likeness (QED) is 0.328. The Morgan fingerprint density at radius 1 is 0.690 bits per heavy atom. The van der Waals surface area contributed by atoms with Crippen LogP contribution in [0.1, 0.15) is 17.0 Å². The van der Waals surface area contributed by atoms with E-state index in [0.717, 1.165) is 16.7 Å². The molecule has 5 aromatic rings. The Morgan fingerprint density at radius 3 is 2.00 bits per heavy atom. The Kier molecular flexibility index (Phi) is 4.66. The predicted molar refractivity (Wildman–Crippen MR) is 120 cm³/mol. The van der Waals surface area contributed by atoms with E-state index in [0.29, 0.717) is 6.42 Å². The van der Waals surface area contributed by atoms with E-state index in [1.807, 2.05) is 0 Å². The summed E-state index contributed by atoms with van der Waals surface area (Å²) in [6, 6.07) is 29.5. The van der Waals surface area contributed by atoms with Gasteiger partial charge in [0.25, 0.3) is 0 Å². The van der Waals surface area contributed by atoms with Crippen LogP contribution in [0.15, 0.2) is 90.1 Å². The number of aromatic nitrogens is 3. The van der Waals surface area contributed by atoms with Gasteiger partial charge in [0, 0.05) is 12.2 Å². The van der Waals surface area contributed by atoms with Crippen molar-refractivity contribution >= 4 is 33.3 Å². The van der Waals surface area contributed by atoms with E-state index in [1.54, 1.807) is 16.4 Å². The van der Waals surface area contributed by atoms with Gasteiger partial charge in [0.2, 0.25) is 5.16 Å². The van der Waals surface area contributed by atoms with Crippen LogP contribution < -0.4 is 5.84 Å². The van der Waals surface area contributed by atoms with Crippen LogP contribution in [-0.2, 0) is 12.2 Å². The van der Waals surface area contributed by atoms with E-state index in [1.165, 1.54) is 32.7 Å². The van der Waals surface area contributed by atoms with E-state index < -0.39 is 0 Å². The molecule has 0 spiro atoms. The minimum atomic E-state index is 0.652. The van der Waals surface area contributed by atoms with Crippen LogP contribution in [-0.4, -0.2) is 14.9 Å². The zero-order valence-corrected chi connectivity index (χ0v) is 16.6. The topological polar surface area (TPSA) is 56.7 Å². The van der Waals surface area contributed by atoms with Crippen LogP contribution in [0, 0.1) is 0 Å². The maximum absolute atomic E-state index is 6.34. The zero-order chi connectivity index (χ0) is 19.6. The van der Waals surface area contributed by atoms with E-state index >= 15 is 0 Å². The fourth-order valence-corrected chi connectivity index (χ4v) is 4.58. The van der Waals surface area contributed by atoms with E-state index in [9.17, 15) is 0 Å². The minimum Gasteiger partial charge on any atom is -0.336 e. The Balaban J connectivity index is 1.38. The zero-order valence-electron chi connectivity index (χ0n) is 15.8. The molecule has 142 valence electrons. The van der Waals surface area contributed by atoms with Crippen LogP contribution in [0.25, 0.3) is 21.5 Å². The van der Waals surface area contributed by atoms with Crippen LogP contribution >= 0.6 is 11.8 Å². The summed E-state index contributed by atoms with van der Waals surface area (Å²) >= 11 is 1.61. The molecule has 0 unspecified atom stereocenters. The monoisotopic (exact) mass is 396 g/mol. The van der Waals surface area contributed by atoms with E-state index in [4.69, 9.17) is 5.84 Å². The smallest absolute Gasteiger partial charge is 0.210 e. The summed E-state index contributed by atoms with van der Waals surface area (Å²) in [4.78, 5) is 0. The molecule has 1 heterocycles. The van der Waals surface area contributed by atoms with Gasteiger partial charge in [-0.2, -0.15) is 0 Å². The normalized spacial score (nSPS) is 11.3. The molecule has 4 nitrogen and oxygen atoms in total. The average Bonchev–Trinajstić information content (AvgIpc) is 3.12. The molecule has 4 aromatic carbocycles. The first-order valence-electron chi connectivity index (χ1n) is 9.55. The predicted octanol–water partition coefficient (Wildman–Crippen LogP) is 5.18. The molecule has 5 rings (SSSR count). The molecular weight excluding hydrogens is 376 g/mol. The summed E-state index contributed by atoms with van der Waals surface area (Å²) in [5, 5.41) is 14.4. The SMILES string of the molecule is Nn1c(Cc2cccc3ccccc23)nnc1SCc1cccc2ccccc12. The van der Waals surface area contributed by atoms with Crippen LogP contribution in [0.2, 0.25) is 0 Å². The molecule has 0 fully saturated rings. The standard InChI is InChI=1S/C24H20N4S/c25-28-23(15-19-11-5-9-17-7-1-3-13-21(17)19)26-27-24(28)29-16-20-12-6-10-18-8-2-4-14-22(18)20/h1-14H,15-16,25H2. The molecular formula is C24H20N4S. The first-order valence-corrected chi connectivity index (χ1v) is 10.5. The van der Waals surface area contributed by atoms with Crippen molar-refractivity contribution in [3.63, 3.8) is 0 Å². The molecule has 0 bridgehead atoms. The lowest BCUT2D eigenvalue weighted by Gasteiger charge is -2.08. The number of thioether (sulfide) groups is 1. The summed E-state index contributed by atoms with van der Waals surface area (Å²) < 4.78 is 1.62. The maximum atomic E-state index is 6.34. The Labute approximate surface area is 173 Å². The second-order valence-corrected chi connectivity index (χ2v) is 7.95. The van der Waals surface area contributed by atoms with Crippen molar-refractivity contribution in [1.29, 1.82) is 0 Å². The van der Waals surface area contributed by atoms with Crippen LogP contribution in [0.3, 0.4) is 0 Å². The summed E-state index contributed by atoms with van der Waals surface area (Å²) in [6.45, 7) is 0. The van der Waals surface area contributed by atoms with E-state index in [-0.39, 0.29) is 0 Å². The third kappa shape index (κ3) is 3.45. The van der Waals surface area contributed by atoms with Gasteiger partial charge in [0.15, 0.2) is 5.82 Å². The Bertz CT molecular complexity index is 1300. The van der Waals surface area contributed by atoms with Crippen molar-refractivity contribution in [3.05, 3.63) is 102 Å². The highest BCUT2D eigenvalue weighted by Gasteiger charge is 2.13. The van der Waals surface area contributed by atoms with Gasteiger partial charge < -0.3 is 5.84 Å². The van der Waals surface area contributed by atoms with Gasteiger partial charge in [-0.05, 0) is 32.7 Å². The third-order valence-electron chi connectivity index (χ3n) is 5.20. The van der Waals surface area contributed by atoms with Crippen molar-refractivity contribution in [1.82, 2.24) is 14.9 Å². The Hall–Kier alpha value is -3.31. The number of nitrogen functional groups attached to an aromatic ring is 1. The second kappa shape index (κ2) is 7.60. The summed E-state index contributed by atoms with van der Waals surface area (Å²) in [6.07, 6.45) is 0.652. The third-order valence-corrected chi connectivity index (χ3v) is 6.19. The minimum absolute atomic E-state index is 0.652. The average molecular weight is 397 g/mol. The van der Waals surface area contributed by atoms with Crippen molar-refractivity contribution in [2.75, 3.05) is 5.84 Å². The molecule has 0 saturated carbocycles. The number of hydrogen-bond donors (Lipinski definition) is 1. The van der Waals surface area contributed by atoms with Crippen LogP contribution in [0.4, 0.5) is 0 Å². The molecule has 0 aliphatic rings. The van der Waals surface area contributed by atoms with Crippen molar-refractivity contribution in [2.24, 2.45) is 0 Å². The fraction of sp³-hybridized carbons (Fsp3) is 0.0833. The molecule has 1 aromatic heterocycles. The second-order valence-electron chi connectivity index (χ2n) is 7.01. The van der Waals surface area contributed by atoms with Gasteiger partial charge >= 0.3 is 0 Å². The molecule has 0 amide bonds. The lowest BCUT2D eigenvalue weighted by molar-refractivity contribution is 0.806. The molecule has 29 heavy (non-hydrogen) atoms. The number of hydrogen-bond acceptors (Lipinski definition) is 4. The maximum Gasteiger partial charge on any atom is 0.210 e. The number of rotatable bonds is 5. The summed E-state index contributed by atoms with van der Waals surface area (Å²) in [7, 11) is 0. The van der Waals surface area contributed by atoms with Crippen molar-refractivity contribution in [2.45, 2.75) is 17.3 Å². The number of nitrogens with zero attached hydrogens (tertiary/aromatic N) is 3. The number of benzene rings is 4. The fourth-order valence-electron chi connectivity index (χ4n) is 3.70. The first-order chi connectivity index (χ1) is 14.3. The lowest BCUT2D eigenvalue weighted by Crippen LogP contribution is -2.14. The summed E-state index contributed by atoms with van der Waals surface area (Å²) in [5.74, 6) is 7.90. The highest BCUT2D eigenvalue weighted by molar-refractivity contribution is 7.98. The molecule has 0 atom stereocenters. The lowest BCUT2D eigenvalue weighted by atomic mass is 10.0. The van der Waals surface area contributed by atoms with Gasteiger partial charge in [-0.3, -0.25) is 0 Å². The molecule has 0 radical (unpaired) electrons. The van der Waals surface area contributed by atoms with Gasteiger partial charge in [0.05, 0.1) is 0 Å². The van der Waals surface area contributed by atoms with Crippen molar-refractivity contribution in [3.8, 4) is 0 Å². The van der Waals surface area contributed by atoms with Crippen molar-refractivity contribution < 1.29 is 0 Å². The van der Waals surface area contributed by atoms with Crippen LogP contribution in [0.5, 0.6) is 0 Å². The molecule has 5 heteroatoms. The molecule has 2 N–H and O–H groups in total. The van der Waals surface area contributed by atoms with E-state index in [2.05, 4.69) is 95.1 Å². The highest BCUT2D eigenvalue weighted by Crippen LogP contribution is 2.27. The Morgan fingerprint density at radius 2 is 1.28 bits per heavy atom. The number of nitrogens with two attached hydrogens (primary N) is 1. The molecule has 0 aliphatic heterocycles. The highest BCUT2D eigenvalue weighted by atomic mass is 32.2. The van der Waals surface area contributed by atoms with Gasteiger partial charge in [-0.15, -0.1) is 10.2 Å². The number of fused-ring (bicyclic) bond motifs is 2. The largest absolute Gasteiger partial charge is 0.336 e. The van der Waals surface area contributed by atoms with Gasteiger partial charge in [-0.1, -0.05) is 96.7 Å². The van der Waals surface area contributed by atoms with Gasteiger partial charge in [0.1, 0.15) is 0 Å². The molecule has 0 aliphatic carbocycles.